The van der Waals surface area contributed by atoms with Crippen LogP contribution in [0, 0.1) is 0 Å². The number of nitrogens with one attached hydrogen (secondary N) is 1. The van der Waals surface area contributed by atoms with Gasteiger partial charge in [-0.3, -0.25) is 9.89 Å². The Labute approximate surface area is 64.6 Å². The van der Waals surface area contributed by atoms with Gasteiger partial charge in [0.15, 0.2) is 11.5 Å². The zero-order valence-corrected chi connectivity index (χ0v) is 6.55. The minimum atomic E-state index is -0.0639. The van der Waals surface area contributed by atoms with Crippen molar-refractivity contribution in [3.8, 4) is 5.75 Å². The Morgan fingerprint density at radius 2 is 2.55 bits per heavy atom. The number of aromatic amines is 1. The lowest BCUT2D eigenvalue weighted by Crippen LogP contribution is -1.98. The summed E-state index contributed by atoms with van der Waals surface area (Å²) in [7, 11) is 0. The first-order chi connectivity index (χ1) is 5.25. The highest BCUT2D eigenvalue weighted by Crippen LogP contribution is 2.14. The van der Waals surface area contributed by atoms with Crippen molar-refractivity contribution in [2.24, 2.45) is 0 Å². The molecule has 1 N–H and O–H groups in total. The second-order valence-corrected chi connectivity index (χ2v) is 2.10. The average molecular weight is 154 g/mol. The molecule has 0 unspecified atom stereocenters. The number of Topliss-reactive ketones (excluding diaryl/α,β-unsaturated/α-hetero) is 1. The van der Waals surface area contributed by atoms with Gasteiger partial charge in [-0.25, -0.2) is 0 Å². The van der Waals surface area contributed by atoms with Gasteiger partial charge in [-0.2, -0.15) is 5.10 Å². The SMILES string of the molecule is CCOc1cn[nH]c1C(C)=O. The number of ketones is 1. The van der Waals surface area contributed by atoms with Crippen LogP contribution in [0.2, 0.25) is 0 Å². The Bertz CT molecular complexity index is 255. The molecule has 0 aliphatic rings. The molecule has 0 amide bonds. The fraction of sp³-hybridized carbons (Fsp3) is 0.429. The molecular formula is C7H10N2O2. The van der Waals surface area contributed by atoms with E-state index >= 15 is 0 Å². The highest BCUT2D eigenvalue weighted by molar-refractivity contribution is 5.94. The van der Waals surface area contributed by atoms with Crippen LogP contribution in [0.4, 0.5) is 0 Å². The highest BCUT2D eigenvalue weighted by Gasteiger charge is 2.09. The molecule has 0 radical (unpaired) electrons. The highest BCUT2D eigenvalue weighted by atomic mass is 16.5. The molecule has 60 valence electrons. The standard InChI is InChI=1S/C7H10N2O2/c1-3-11-6-4-8-9-7(6)5(2)10/h4H,3H2,1-2H3,(H,8,9). The Morgan fingerprint density at radius 1 is 1.82 bits per heavy atom. The van der Waals surface area contributed by atoms with E-state index in [4.69, 9.17) is 4.74 Å². The van der Waals surface area contributed by atoms with Gasteiger partial charge in [-0.1, -0.05) is 0 Å². The average Bonchev–Trinajstić information content (AvgIpc) is 2.36. The molecule has 0 saturated heterocycles. The summed E-state index contributed by atoms with van der Waals surface area (Å²) in [5.74, 6) is 0.464. The van der Waals surface area contributed by atoms with Crippen LogP contribution < -0.4 is 4.74 Å². The molecule has 11 heavy (non-hydrogen) atoms. The Morgan fingerprint density at radius 3 is 3.09 bits per heavy atom. The van der Waals surface area contributed by atoms with Crippen molar-refractivity contribution >= 4 is 5.78 Å². The molecule has 0 saturated carbocycles. The van der Waals surface area contributed by atoms with Crippen LogP contribution in [0.15, 0.2) is 6.20 Å². The van der Waals surface area contributed by atoms with E-state index in [1.54, 1.807) is 0 Å². The van der Waals surface area contributed by atoms with Crippen molar-refractivity contribution in [2.45, 2.75) is 13.8 Å². The first-order valence-corrected chi connectivity index (χ1v) is 3.42. The fourth-order valence-electron chi connectivity index (χ4n) is 0.792. The fourth-order valence-corrected chi connectivity index (χ4v) is 0.792. The predicted molar refractivity (Wildman–Crippen MR) is 39.8 cm³/mol. The van der Waals surface area contributed by atoms with Gasteiger partial charge < -0.3 is 4.74 Å². The zero-order chi connectivity index (χ0) is 8.27. The third-order valence-corrected chi connectivity index (χ3v) is 1.26. The summed E-state index contributed by atoms with van der Waals surface area (Å²) in [6.07, 6.45) is 1.50. The van der Waals surface area contributed by atoms with Gasteiger partial charge in [0.05, 0.1) is 12.8 Å². The monoisotopic (exact) mass is 154 g/mol. The van der Waals surface area contributed by atoms with E-state index in [0.29, 0.717) is 18.1 Å². The second kappa shape index (κ2) is 3.18. The van der Waals surface area contributed by atoms with Crippen molar-refractivity contribution < 1.29 is 9.53 Å². The minimum absolute atomic E-state index is 0.0639. The molecule has 0 aromatic carbocycles. The summed E-state index contributed by atoms with van der Waals surface area (Å²) in [5, 5.41) is 6.26. The Balaban J connectivity index is 2.87. The summed E-state index contributed by atoms with van der Waals surface area (Å²) < 4.78 is 5.12. The van der Waals surface area contributed by atoms with Crippen LogP contribution in [-0.2, 0) is 0 Å². The number of nitrogens with zero attached hydrogens (tertiary/aromatic N) is 1. The lowest BCUT2D eigenvalue weighted by Gasteiger charge is -1.98. The lowest BCUT2D eigenvalue weighted by atomic mass is 10.3. The summed E-state index contributed by atoms with van der Waals surface area (Å²) in [5.41, 5.74) is 0.437. The van der Waals surface area contributed by atoms with Crippen LogP contribution in [0.3, 0.4) is 0 Å². The molecule has 0 bridgehead atoms. The molecule has 1 aromatic heterocycles. The molecule has 1 heterocycles. The number of carbonyl (C=O) groups is 1. The Kier molecular flexibility index (Phi) is 2.25. The summed E-state index contributed by atoms with van der Waals surface area (Å²) in [4.78, 5) is 10.9. The van der Waals surface area contributed by atoms with Crippen molar-refractivity contribution in [2.75, 3.05) is 6.61 Å². The number of hydrogen-bond donors (Lipinski definition) is 1. The lowest BCUT2D eigenvalue weighted by molar-refractivity contribution is 0.100. The van der Waals surface area contributed by atoms with Gasteiger partial charge in [0, 0.05) is 6.92 Å². The van der Waals surface area contributed by atoms with Crippen LogP contribution in [0.25, 0.3) is 0 Å². The normalized spacial score (nSPS) is 9.64. The molecular weight excluding hydrogens is 144 g/mol. The molecule has 1 rings (SSSR count). The molecule has 0 atom stereocenters. The van der Waals surface area contributed by atoms with Crippen molar-refractivity contribution in [3.63, 3.8) is 0 Å². The molecule has 0 aliphatic heterocycles. The zero-order valence-electron chi connectivity index (χ0n) is 6.55. The van der Waals surface area contributed by atoms with Crippen molar-refractivity contribution in [1.29, 1.82) is 0 Å². The number of aromatic nitrogens is 2. The predicted octanol–water partition coefficient (Wildman–Crippen LogP) is 1.01. The first-order valence-electron chi connectivity index (χ1n) is 3.42. The van der Waals surface area contributed by atoms with Gasteiger partial charge in [-0.05, 0) is 6.92 Å². The van der Waals surface area contributed by atoms with E-state index in [1.165, 1.54) is 13.1 Å². The van der Waals surface area contributed by atoms with E-state index in [0.717, 1.165) is 0 Å². The van der Waals surface area contributed by atoms with E-state index in [2.05, 4.69) is 10.2 Å². The smallest absolute Gasteiger partial charge is 0.181 e. The number of ether oxygens (including phenoxy) is 1. The third kappa shape index (κ3) is 1.58. The van der Waals surface area contributed by atoms with Gasteiger partial charge in [0.25, 0.3) is 0 Å². The minimum Gasteiger partial charge on any atom is -0.490 e. The number of carbonyl (C=O) groups excluding carboxylic acids is 1. The van der Waals surface area contributed by atoms with Crippen LogP contribution in [0.5, 0.6) is 5.75 Å². The molecule has 0 spiro atoms. The maximum Gasteiger partial charge on any atom is 0.181 e. The molecule has 0 fully saturated rings. The molecule has 4 nitrogen and oxygen atoms in total. The molecule has 4 heteroatoms. The number of H-pyrrole nitrogens is 1. The van der Waals surface area contributed by atoms with Crippen LogP contribution in [-0.4, -0.2) is 22.6 Å². The number of rotatable bonds is 3. The topological polar surface area (TPSA) is 55.0 Å². The summed E-state index contributed by atoms with van der Waals surface area (Å²) >= 11 is 0. The van der Waals surface area contributed by atoms with Crippen LogP contribution >= 0.6 is 0 Å². The summed E-state index contributed by atoms with van der Waals surface area (Å²) in [6.45, 7) is 3.87. The van der Waals surface area contributed by atoms with Gasteiger partial charge >= 0.3 is 0 Å². The molecule has 1 aromatic rings. The van der Waals surface area contributed by atoms with E-state index < -0.39 is 0 Å². The number of hydrogen-bond acceptors (Lipinski definition) is 3. The van der Waals surface area contributed by atoms with E-state index in [9.17, 15) is 4.79 Å². The van der Waals surface area contributed by atoms with Gasteiger partial charge in [-0.15, -0.1) is 0 Å². The largest absolute Gasteiger partial charge is 0.490 e. The first kappa shape index (κ1) is 7.78. The van der Waals surface area contributed by atoms with Gasteiger partial charge in [0.2, 0.25) is 0 Å². The summed E-state index contributed by atoms with van der Waals surface area (Å²) in [6, 6.07) is 0. The quantitative estimate of drug-likeness (QED) is 0.661. The molecule has 0 aliphatic carbocycles. The van der Waals surface area contributed by atoms with Crippen LogP contribution in [0.1, 0.15) is 24.3 Å². The van der Waals surface area contributed by atoms with E-state index in [1.807, 2.05) is 6.92 Å². The Hall–Kier alpha value is -1.32. The van der Waals surface area contributed by atoms with Gasteiger partial charge in [0.1, 0.15) is 5.69 Å². The second-order valence-electron chi connectivity index (χ2n) is 2.10. The van der Waals surface area contributed by atoms with E-state index in [-0.39, 0.29) is 5.78 Å². The third-order valence-electron chi connectivity index (χ3n) is 1.26. The van der Waals surface area contributed by atoms with Crippen molar-refractivity contribution in [1.82, 2.24) is 10.2 Å². The maximum atomic E-state index is 10.9. The van der Waals surface area contributed by atoms with Crippen molar-refractivity contribution in [3.05, 3.63) is 11.9 Å². The maximum absolute atomic E-state index is 10.9.